The topological polar surface area (TPSA) is 79.2 Å². The number of aliphatic hydroxyl groups is 3. The Morgan fingerprint density at radius 2 is 2.15 bits per heavy atom. The van der Waals surface area contributed by atoms with Crippen molar-refractivity contribution >= 4 is 0 Å². The summed E-state index contributed by atoms with van der Waals surface area (Å²) in [6.45, 7) is 1.97. The average molecular weight is 192 g/mol. The van der Waals surface area contributed by atoms with Crippen LogP contribution in [0.3, 0.4) is 0 Å². The molecular weight excluding hydrogens is 176 g/mol. The van der Waals surface area contributed by atoms with Crippen molar-refractivity contribution in [3.63, 3.8) is 0 Å². The van der Waals surface area contributed by atoms with E-state index < -0.39 is 24.6 Å². The van der Waals surface area contributed by atoms with Gasteiger partial charge in [-0.05, 0) is 6.92 Å². The molecule has 0 aromatic rings. The van der Waals surface area contributed by atoms with Crippen molar-refractivity contribution in [3.8, 4) is 0 Å². The van der Waals surface area contributed by atoms with Gasteiger partial charge in [0.25, 0.3) is 0 Å². The van der Waals surface area contributed by atoms with Crippen LogP contribution in [0.2, 0.25) is 0 Å². The zero-order valence-corrected chi connectivity index (χ0v) is 7.59. The molecule has 1 saturated heterocycles. The maximum absolute atomic E-state index is 9.36. The lowest BCUT2D eigenvalue weighted by Crippen LogP contribution is -2.50. The van der Waals surface area contributed by atoms with E-state index in [1.54, 1.807) is 0 Å². The Labute approximate surface area is 76.9 Å². The van der Waals surface area contributed by atoms with Crippen LogP contribution in [0.25, 0.3) is 0 Å². The van der Waals surface area contributed by atoms with Gasteiger partial charge in [-0.25, -0.2) is 0 Å². The van der Waals surface area contributed by atoms with Crippen LogP contribution in [0.1, 0.15) is 13.3 Å². The molecule has 0 spiro atoms. The van der Waals surface area contributed by atoms with Gasteiger partial charge in [-0.15, -0.1) is 0 Å². The molecule has 0 bridgehead atoms. The van der Waals surface area contributed by atoms with Gasteiger partial charge in [-0.2, -0.15) is 0 Å². The van der Waals surface area contributed by atoms with Crippen molar-refractivity contribution in [2.75, 3.05) is 13.2 Å². The van der Waals surface area contributed by atoms with Crippen LogP contribution in [0, 0.1) is 0 Å². The van der Waals surface area contributed by atoms with Crippen molar-refractivity contribution in [3.05, 3.63) is 0 Å². The van der Waals surface area contributed by atoms with E-state index in [0.717, 1.165) is 0 Å². The molecule has 1 heterocycles. The van der Waals surface area contributed by atoms with E-state index in [0.29, 0.717) is 6.61 Å². The molecule has 1 aliphatic heterocycles. The van der Waals surface area contributed by atoms with Crippen LogP contribution in [0.4, 0.5) is 0 Å². The fraction of sp³-hybridized carbons (Fsp3) is 1.00. The highest BCUT2D eigenvalue weighted by molar-refractivity contribution is 4.82. The first-order valence-electron chi connectivity index (χ1n) is 4.43. The maximum atomic E-state index is 9.36. The van der Waals surface area contributed by atoms with Crippen LogP contribution < -0.4 is 0 Å². The Balaban J connectivity index is 2.47. The summed E-state index contributed by atoms with van der Waals surface area (Å²) in [5, 5.41) is 27.5. The zero-order chi connectivity index (χ0) is 9.84. The first kappa shape index (κ1) is 10.9. The fourth-order valence-electron chi connectivity index (χ4n) is 1.36. The van der Waals surface area contributed by atoms with Gasteiger partial charge in [0.2, 0.25) is 0 Å². The van der Waals surface area contributed by atoms with Gasteiger partial charge in [0, 0.05) is 13.0 Å². The first-order chi connectivity index (χ1) is 6.19. The van der Waals surface area contributed by atoms with E-state index >= 15 is 0 Å². The second-order valence-electron chi connectivity index (χ2n) is 3.04. The smallest absolute Gasteiger partial charge is 0.160 e. The molecule has 1 aliphatic rings. The fourth-order valence-corrected chi connectivity index (χ4v) is 1.36. The predicted octanol–water partition coefficient (Wildman–Crippen LogP) is -1.15. The number of hydrogen-bond donors (Lipinski definition) is 3. The van der Waals surface area contributed by atoms with Gasteiger partial charge in [0.1, 0.15) is 12.2 Å². The molecule has 13 heavy (non-hydrogen) atoms. The number of aliphatic hydroxyl groups excluding tert-OH is 3. The summed E-state index contributed by atoms with van der Waals surface area (Å²) < 4.78 is 10.3. The zero-order valence-electron chi connectivity index (χ0n) is 7.59. The van der Waals surface area contributed by atoms with Crippen molar-refractivity contribution in [1.29, 1.82) is 0 Å². The van der Waals surface area contributed by atoms with Crippen molar-refractivity contribution in [2.45, 2.75) is 37.9 Å². The summed E-state index contributed by atoms with van der Waals surface area (Å²) in [6.07, 6.45) is -2.95. The van der Waals surface area contributed by atoms with Crippen LogP contribution >= 0.6 is 0 Å². The third kappa shape index (κ3) is 2.62. The van der Waals surface area contributed by atoms with Gasteiger partial charge in [0.15, 0.2) is 6.29 Å². The quantitative estimate of drug-likeness (QED) is 0.526. The van der Waals surface area contributed by atoms with Crippen molar-refractivity contribution < 1.29 is 24.8 Å². The van der Waals surface area contributed by atoms with Gasteiger partial charge in [-0.3, -0.25) is 0 Å². The Morgan fingerprint density at radius 3 is 2.69 bits per heavy atom. The monoisotopic (exact) mass is 192 g/mol. The summed E-state index contributed by atoms with van der Waals surface area (Å²) in [4.78, 5) is 0. The Hall–Kier alpha value is -0.200. The third-order valence-corrected chi connectivity index (χ3v) is 2.07. The van der Waals surface area contributed by atoms with Crippen molar-refractivity contribution in [2.24, 2.45) is 0 Å². The molecule has 0 amide bonds. The summed E-state index contributed by atoms with van der Waals surface area (Å²) in [5.74, 6) is 0. The normalized spacial score (nSPS) is 40.6. The molecule has 5 nitrogen and oxygen atoms in total. The molecule has 2 unspecified atom stereocenters. The van der Waals surface area contributed by atoms with E-state index in [2.05, 4.69) is 0 Å². The van der Waals surface area contributed by atoms with Crippen LogP contribution in [0.5, 0.6) is 0 Å². The van der Waals surface area contributed by atoms with Crippen LogP contribution in [-0.2, 0) is 9.47 Å². The van der Waals surface area contributed by atoms with Gasteiger partial charge >= 0.3 is 0 Å². The maximum Gasteiger partial charge on any atom is 0.160 e. The first-order valence-corrected chi connectivity index (χ1v) is 4.43. The van der Waals surface area contributed by atoms with Crippen molar-refractivity contribution in [1.82, 2.24) is 0 Å². The van der Waals surface area contributed by atoms with E-state index in [-0.39, 0.29) is 13.0 Å². The molecule has 0 aromatic carbocycles. The second-order valence-corrected chi connectivity index (χ2v) is 3.04. The molecule has 78 valence electrons. The van der Waals surface area contributed by atoms with E-state index in [1.165, 1.54) is 0 Å². The number of rotatable bonds is 3. The molecule has 0 aromatic heterocycles. The SMILES string of the molecule is CCO[C@@H]1C[C@@H](O)C(O)C(CO)O1. The second kappa shape index (κ2) is 4.88. The summed E-state index contributed by atoms with van der Waals surface area (Å²) in [6, 6.07) is 0. The molecule has 3 N–H and O–H groups in total. The highest BCUT2D eigenvalue weighted by Gasteiger charge is 2.36. The number of ether oxygens (including phenoxy) is 2. The molecule has 1 rings (SSSR count). The molecule has 0 radical (unpaired) electrons. The molecule has 0 saturated carbocycles. The molecule has 4 atom stereocenters. The van der Waals surface area contributed by atoms with Gasteiger partial charge in [0.05, 0.1) is 12.7 Å². The summed E-state index contributed by atoms with van der Waals surface area (Å²) in [7, 11) is 0. The lowest BCUT2D eigenvalue weighted by Gasteiger charge is -2.35. The minimum absolute atomic E-state index is 0.242. The third-order valence-electron chi connectivity index (χ3n) is 2.07. The number of hydrogen-bond acceptors (Lipinski definition) is 5. The lowest BCUT2D eigenvalue weighted by molar-refractivity contribution is -0.255. The summed E-state index contributed by atoms with van der Waals surface area (Å²) in [5.41, 5.74) is 0. The molecular formula is C8H16O5. The van der Waals surface area contributed by atoms with Gasteiger partial charge < -0.3 is 24.8 Å². The minimum atomic E-state index is -1.03. The van der Waals surface area contributed by atoms with Crippen LogP contribution in [-0.4, -0.2) is 53.1 Å². The Bertz CT molecular complexity index is 151. The lowest BCUT2D eigenvalue weighted by atomic mass is 10.0. The van der Waals surface area contributed by atoms with Gasteiger partial charge in [-0.1, -0.05) is 0 Å². The highest BCUT2D eigenvalue weighted by atomic mass is 16.7. The minimum Gasteiger partial charge on any atom is -0.394 e. The van der Waals surface area contributed by atoms with Crippen LogP contribution in [0.15, 0.2) is 0 Å². The van der Waals surface area contributed by atoms with E-state index in [4.69, 9.17) is 14.6 Å². The Kier molecular flexibility index (Phi) is 4.08. The Morgan fingerprint density at radius 1 is 1.46 bits per heavy atom. The molecule has 0 aliphatic carbocycles. The van der Waals surface area contributed by atoms with E-state index in [9.17, 15) is 10.2 Å². The largest absolute Gasteiger partial charge is 0.394 e. The molecule has 5 heteroatoms. The predicted molar refractivity (Wildman–Crippen MR) is 44.0 cm³/mol. The standard InChI is InChI=1S/C8H16O5/c1-2-12-7-3-5(10)8(11)6(4-9)13-7/h5-11H,2-4H2,1H3/t5-,6?,7+,8?/m1/s1. The average Bonchev–Trinajstić information content (AvgIpc) is 2.11. The highest BCUT2D eigenvalue weighted by Crippen LogP contribution is 2.20. The summed E-state index contributed by atoms with van der Waals surface area (Å²) >= 11 is 0. The molecule has 1 fully saturated rings. The van der Waals surface area contributed by atoms with E-state index in [1.807, 2.05) is 6.92 Å².